The third kappa shape index (κ3) is 6.61. The molecule has 1 aromatic rings. The van der Waals surface area contributed by atoms with Crippen LogP contribution in [0, 0.1) is 0 Å². The topological polar surface area (TPSA) is 55.4 Å². The van der Waals surface area contributed by atoms with Crippen LogP contribution < -0.4 is 9.46 Å². The summed E-state index contributed by atoms with van der Waals surface area (Å²) in [5.41, 5.74) is 1.18. The Morgan fingerprint density at radius 1 is 1.22 bits per heavy atom. The molecule has 0 spiro atoms. The Balaban J connectivity index is 2.35. The maximum absolute atomic E-state index is 10.9. The molecule has 0 aromatic heterocycles. The fraction of sp³-hybridized carbons (Fsp3) is 0.538. The second kappa shape index (κ2) is 6.75. The third-order valence-electron chi connectivity index (χ3n) is 2.30. The first-order valence-electron chi connectivity index (χ1n) is 6.07. The molecule has 102 valence electrons. The van der Waals surface area contributed by atoms with Crippen LogP contribution in [-0.4, -0.2) is 27.3 Å². The molecule has 0 radical (unpaired) electrons. The van der Waals surface area contributed by atoms with E-state index in [0.717, 1.165) is 18.6 Å². The Kier molecular flexibility index (Phi) is 5.62. The van der Waals surface area contributed by atoms with Gasteiger partial charge in [-0.25, -0.2) is 13.1 Å². The molecule has 0 unspecified atom stereocenters. The van der Waals surface area contributed by atoms with Gasteiger partial charge in [0.2, 0.25) is 10.0 Å². The van der Waals surface area contributed by atoms with Crippen molar-refractivity contribution in [1.82, 2.24) is 4.72 Å². The second-order valence-corrected chi connectivity index (χ2v) is 6.41. The Bertz CT molecular complexity index is 452. The van der Waals surface area contributed by atoms with Crippen molar-refractivity contribution in [2.75, 3.05) is 12.8 Å². The van der Waals surface area contributed by atoms with Crippen molar-refractivity contribution in [2.45, 2.75) is 32.8 Å². The van der Waals surface area contributed by atoms with Gasteiger partial charge in [0.25, 0.3) is 0 Å². The van der Waals surface area contributed by atoms with E-state index in [1.165, 1.54) is 11.8 Å². The molecule has 0 bridgehead atoms. The van der Waals surface area contributed by atoms with Crippen molar-refractivity contribution in [3.63, 3.8) is 0 Å². The summed E-state index contributed by atoms with van der Waals surface area (Å²) < 4.78 is 29.7. The van der Waals surface area contributed by atoms with Crippen molar-refractivity contribution < 1.29 is 13.2 Å². The van der Waals surface area contributed by atoms with E-state index < -0.39 is 10.0 Å². The highest BCUT2D eigenvalue weighted by atomic mass is 32.2. The summed E-state index contributed by atoms with van der Waals surface area (Å²) in [6.45, 7) is 4.46. The number of nitrogens with one attached hydrogen (secondary N) is 1. The van der Waals surface area contributed by atoms with Crippen LogP contribution in [0.1, 0.15) is 25.8 Å². The van der Waals surface area contributed by atoms with Gasteiger partial charge in [0.05, 0.1) is 12.4 Å². The lowest BCUT2D eigenvalue weighted by Crippen LogP contribution is -2.23. The largest absolute Gasteiger partial charge is 0.491 e. The molecule has 0 saturated carbocycles. The molecule has 18 heavy (non-hydrogen) atoms. The van der Waals surface area contributed by atoms with Crippen LogP contribution in [0.4, 0.5) is 0 Å². The first kappa shape index (κ1) is 15.0. The molecule has 0 aliphatic rings. The van der Waals surface area contributed by atoms with Crippen LogP contribution in [0.2, 0.25) is 0 Å². The van der Waals surface area contributed by atoms with E-state index in [4.69, 9.17) is 4.74 Å². The average molecular weight is 271 g/mol. The van der Waals surface area contributed by atoms with Gasteiger partial charge in [0, 0.05) is 6.54 Å². The maximum Gasteiger partial charge on any atom is 0.208 e. The summed E-state index contributed by atoms with van der Waals surface area (Å²) in [4.78, 5) is 0. The summed E-state index contributed by atoms with van der Waals surface area (Å²) in [5, 5.41) is 0. The summed E-state index contributed by atoms with van der Waals surface area (Å²) in [7, 11) is -3.07. The van der Waals surface area contributed by atoms with Gasteiger partial charge in [-0.05, 0) is 44.4 Å². The van der Waals surface area contributed by atoms with Gasteiger partial charge in [0.15, 0.2) is 0 Å². The molecule has 1 rings (SSSR count). The average Bonchev–Trinajstić information content (AvgIpc) is 2.24. The van der Waals surface area contributed by atoms with Gasteiger partial charge in [-0.2, -0.15) is 0 Å². The van der Waals surface area contributed by atoms with Gasteiger partial charge in [-0.1, -0.05) is 12.1 Å². The number of hydrogen-bond acceptors (Lipinski definition) is 3. The monoisotopic (exact) mass is 271 g/mol. The first-order valence-corrected chi connectivity index (χ1v) is 7.96. The Hall–Kier alpha value is -1.07. The van der Waals surface area contributed by atoms with Crippen LogP contribution >= 0.6 is 0 Å². The third-order valence-corrected chi connectivity index (χ3v) is 3.03. The zero-order chi connectivity index (χ0) is 13.6. The van der Waals surface area contributed by atoms with Crippen molar-refractivity contribution in [3.05, 3.63) is 29.8 Å². The minimum atomic E-state index is -3.07. The Labute approximate surface area is 109 Å². The number of sulfonamides is 1. The van der Waals surface area contributed by atoms with E-state index in [-0.39, 0.29) is 6.10 Å². The summed E-state index contributed by atoms with van der Waals surface area (Å²) in [5.74, 6) is 0.864. The number of ether oxygens (including phenoxy) is 1. The molecule has 0 heterocycles. The van der Waals surface area contributed by atoms with Crippen molar-refractivity contribution in [3.8, 4) is 5.75 Å². The normalized spacial score (nSPS) is 11.8. The quantitative estimate of drug-likeness (QED) is 0.771. The number of rotatable bonds is 7. The highest BCUT2D eigenvalue weighted by Gasteiger charge is 2.01. The molecule has 0 fully saturated rings. The van der Waals surface area contributed by atoms with Crippen LogP contribution in [0.5, 0.6) is 5.75 Å². The number of benzene rings is 1. The summed E-state index contributed by atoms with van der Waals surface area (Å²) in [6, 6.07) is 7.91. The lowest BCUT2D eigenvalue weighted by atomic mass is 10.1. The zero-order valence-corrected chi connectivity index (χ0v) is 12.0. The fourth-order valence-corrected chi connectivity index (χ4v) is 2.07. The predicted molar refractivity (Wildman–Crippen MR) is 73.4 cm³/mol. The van der Waals surface area contributed by atoms with Crippen LogP contribution in [0.15, 0.2) is 24.3 Å². The standard InChI is InChI=1S/C13H21NO3S/c1-11(2)17-13-8-6-12(7-9-13)5-4-10-14-18(3,15)16/h6-9,11,14H,4-5,10H2,1-3H3. The van der Waals surface area contributed by atoms with E-state index in [2.05, 4.69) is 4.72 Å². The molecule has 1 aromatic carbocycles. The van der Waals surface area contributed by atoms with Gasteiger partial charge >= 0.3 is 0 Å². The number of hydrogen-bond donors (Lipinski definition) is 1. The Morgan fingerprint density at radius 2 is 1.83 bits per heavy atom. The minimum Gasteiger partial charge on any atom is -0.491 e. The molecule has 5 heteroatoms. The molecule has 0 amide bonds. The molecule has 1 N–H and O–H groups in total. The SMILES string of the molecule is CC(C)Oc1ccc(CCCNS(C)(=O)=O)cc1. The molecule has 0 saturated heterocycles. The molecule has 0 aliphatic carbocycles. The second-order valence-electron chi connectivity index (χ2n) is 4.58. The minimum absolute atomic E-state index is 0.176. The Morgan fingerprint density at radius 3 is 2.33 bits per heavy atom. The fourth-order valence-electron chi connectivity index (χ4n) is 1.56. The van der Waals surface area contributed by atoms with Crippen LogP contribution in [0.3, 0.4) is 0 Å². The van der Waals surface area contributed by atoms with Crippen LogP contribution in [0.25, 0.3) is 0 Å². The lowest BCUT2D eigenvalue weighted by molar-refractivity contribution is 0.242. The van der Waals surface area contributed by atoms with E-state index >= 15 is 0 Å². The molecule has 0 aliphatic heterocycles. The van der Waals surface area contributed by atoms with Gasteiger partial charge < -0.3 is 4.74 Å². The number of aryl methyl sites for hydroxylation is 1. The lowest BCUT2D eigenvalue weighted by Gasteiger charge is -2.10. The zero-order valence-electron chi connectivity index (χ0n) is 11.1. The van der Waals surface area contributed by atoms with E-state index in [9.17, 15) is 8.42 Å². The van der Waals surface area contributed by atoms with E-state index in [0.29, 0.717) is 6.54 Å². The van der Waals surface area contributed by atoms with E-state index in [1.807, 2.05) is 38.1 Å². The molecule has 4 nitrogen and oxygen atoms in total. The van der Waals surface area contributed by atoms with Crippen molar-refractivity contribution in [1.29, 1.82) is 0 Å². The predicted octanol–water partition coefficient (Wildman–Crippen LogP) is 1.96. The van der Waals surface area contributed by atoms with Gasteiger partial charge in [0.1, 0.15) is 5.75 Å². The maximum atomic E-state index is 10.9. The highest BCUT2D eigenvalue weighted by molar-refractivity contribution is 7.88. The molecular weight excluding hydrogens is 250 g/mol. The summed E-state index contributed by atoms with van der Waals surface area (Å²) in [6.07, 6.45) is 2.99. The van der Waals surface area contributed by atoms with Gasteiger partial charge in [-0.15, -0.1) is 0 Å². The molecular formula is C13H21NO3S. The first-order chi connectivity index (χ1) is 8.37. The highest BCUT2D eigenvalue weighted by Crippen LogP contribution is 2.14. The van der Waals surface area contributed by atoms with Crippen molar-refractivity contribution in [2.24, 2.45) is 0 Å². The molecule has 0 atom stereocenters. The van der Waals surface area contributed by atoms with Crippen molar-refractivity contribution >= 4 is 10.0 Å². The van der Waals surface area contributed by atoms with Gasteiger partial charge in [-0.3, -0.25) is 0 Å². The summed E-state index contributed by atoms with van der Waals surface area (Å²) >= 11 is 0. The smallest absolute Gasteiger partial charge is 0.208 e. The van der Waals surface area contributed by atoms with E-state index in [1.54, 1.807) is 0 Å². The van der Waals surface area contributed by atoms with Crippen LogP contribution in [-0.2, 0) is 16.4 Å².